The Bertz CT molecular complexity index is 1210. The van der Waals surface area contributed by atoms with Gasteiger partial charge in [-0.25, -0.2) is 0 Å². The van der Waals surface area contributed by atoms with Gasteiger partial charge in [-0.05, 0) is 53.4 Å². The summed E-state index contributed by atoms with van der Waals surface area (Å²) >= 11 is 0. The van der Waals surface area contributed by atoms with Gasteiger partial charge >= 0.3 is 0 Å². The van der Waals surface area contributed by atoms with Crippen LogP contribution in [0.25, 0.3) is 0 Å². The summed E-state index contributed by atoms with van der Waals surface area (Å²) < 4.78 is 5.74. The fourth-order valence-electron chi connectivity index (χ4n) is 3.92. The van der Waals surface area contributed by atoms with Crippen LogP contribution in [-0.4, -0.2) is 23.8 Å². The van der Waals surface area contributed by atoms with E-state index in [1.54, 1.807) is 24.3 Å². The highest BCUT2D eigenvalue weighted by Crippen LogP contribution is 2.28. The monoisotopic (exact) mass is 471 g/mol. The molecule has 1 heterocycles. The predicted molar refractivity (Wildman–Crippen MR) is 135 cm³/mol. The maximum atomic E-state index is 12.7. The third-order valence-electron chi connectivity index (χ3n) is 5.59. The molecular formula is C28H29N3O4. The maximum absolute atomic E-state index is 12.7. The van der Waals surface area contributed by atoms with E-state index in [9.17, 15) is 14.4 Å². The van der Waals surface area contributed by atoms with E-state index in [1.165, 1.54) is 0 Å². The summed E-state index contributed by atoms with van der Waals surface area (Å²) in [4.78, 5) is 37.4. The first-order valence-corrected chi connectivity index (χ1v) is 11.7. The lowest BCUT2D eigenvalue weighted by atomic mass is 10.1. The minimum atomic E-state index is -0.599. The summed E-state index contributed by atoms with van der Waals surface area (Å²) in [5.41, 5.74) is 3.52. The van der Waals surface area contributed by atoms with Gasteiger partial charge in [0.15, 0.2) is 6.10 Å². The highest BCUT2D eigenvalue weighted by atomic mass is 16.5. The fraction of sp³-hybridized carbons (Fsp3) is 0.250. The Morgan fingerprint density at radius 1 is 0.914 bits per heavy atom. The molecule has 0 spiro atoms. The van der Waals surface area contributed by atoms with E-state index in [4.69, 9.17) is 4.74 Å². The van der Waals surface area contributed by atoms with E-state index < -0.39 is 6.10 Å². The van der Waals surface area contributed by atoms with Gasteiger partial charge in [0.05, 0.1) is 0 Å². The predicted octanol–water partition coefficient (Wildman–Crippen LogP) is 4.54. The normalized spacial score (nSPS) is 14.1. The highest BCUT2D eigenvalue weighted by Gasteiger charge is 2.28. The third kappa shape index (κ3) is 6.47. The van der Waals surface area contributed by atoms with Crippen molar-refractivity contribution in [1.82, 2.24) is 5.32 Å². The highest BCUT2D eigenvalue weighted by molar-refractivity contribution is 5.98. The molecule has 0 saturated carbocycles. The second-order valence-electron chi connectivity index (χ2n) is 9.02. The Hall–Kier alpha value is -4.13. The molecule has 0 fully saturated rings. The minimum absolute atomic E-state index is 0.0352. The number of fused-ring (bicyclic) bond motifs is 1. The van der Waals surface area contributed by atoms with Crippen molar-refractivity contribution in [3.8, 4) is 5.75 Å². The van der Waals surface area contributed by atoms with Crippen molar-refractivity contribution in [1.29, 1.82) is 0 Å². The van der Waals surface area contributed by atoms with Gasteiger partial charge in [-0.15, -0.1) is 0 Å². The second kappa shape index (κ2) is 10.9. The molecule has 1 aliphatic heterocycles. The molecule has 180 valence electrons. The molecule has 7 heteroatoms. The van der Waals surface area contributed by atoms with Gasteiger partial charge in [-0.3, -0.25) is 14.4 Å². The molecule has 0 saturated heterocycles. The van der Waals surface area contributed by atoms with Crippen molar-refractivity contribution in [3.05, 3.63) is 89.5 Å². The van der Waals surface area contributed by atoms with Crippen LogP contribution in [0.1, 0.15) is 41.8 Å². The summed E-state index contributed by atoms with van der Waals surface area (Å²) in [5.74, 6) is 0.450. The van der Waals surface area contributed by atoms with E-state index >= 15 is 0 Å². The van der Waals surface area contributed by atoms with Crippen molar-refractivity contribution in [2.45, 2.75) is 39.3 Å². The molecule has 3 aromatic rings. The molecule has 3 N–H and O–H groups in total. The number of benzene rings is 3. The van der Waals surface area contributed by atoms with Crippen molar-refractivity contribution in [3.63, 3.8) is 0 Å². The average Bonchev–Trinajstić information content (AvgIpc) is 3.27. The smallest absolute Gasteiger partial charge is 0.265 e. The lowest BCUT2D eigenvalue weighted by Crippen LogP contribution is -2.31. The molecule has 3 amide bonds. The number of carbonyl (C=O) groups excluding carboxylic acids is 3. The molecule has 7 nitrogen and oxygen atoms in total. The molecule has 1 aliphatic rings. The second-order valence-corrected chi connectivity index (χ2v) is 9.02. The van der Waals surface area contributed by atoms with Crippen LogP contribution in [-0.2, 0) is 22.6 Å². The van der Waals surface area contributed by atoms with Gasteiger partial charge in [0.2, 0.25) is 5.91 Å². The number of amides is 3. The Balaban J connectivity index is 1.32. The van der Waals surface area contributed by atoms with E-state index in [0.717, 1.165) is 16.9 Å². The number of hydrogen-bond acceptors (Lipinski definition) is 4. The number of hydrogen-bond donors (Lipinski definition) is 3. The number of anilines is 2. The molecule has 0 aromatic heterocycles. The number of carbonyl (C=O) groups is 3. The number of ether oxygens (including phenoxy) is 1. The van der Waals surface area contributed by atoms with Crippen LogP contribution in [0.15, 0.2) is 72.8 Å². The zero-order valence-corrected chi connectivity index (χ0v) is 19.8. The van der Waals surface area contributed by atoms with Crippen LogP contribution in [0, 0.1) is 5.92 Å². The molecule has 1 atom stereocenters. The Morgan fingerprint density at radius 2 is 1.66 bits per heavy atom. The van der Waals surface area contributed by atoms with Gasteiger partial charge in [0, 0.05) is 36.3 Å². The standard InChI is InChI=1S/C28H29N3O4/c1-18(2)13-26(32)30-22-10-5-7-19(14-22)17-29-27(33)21-9-6-11-23(15-21)31-28(34)25-16-20-8-3-4-12-24(20)35-25/h3-12,14-15,18,25H,13,16-17H2,1-2H3,(H,29,33)(H,30,32)(H,31,34). The van der Waals surface area contributed by atoms with Gasteiger partial charge in [-0.2, -0.15) is 0 Å². The van der Waals surface area contributed by atoms with Crippen molar-refractivity contribution < 1.29 is 19.1 Å². The van der Waals surface area contributed by atoms with Gasteiger partial charge in [0.1, 0.15) is 5.75 Å². The minimum Gasteiger partial charge on any atom is -0.480 e. The molecule has 0 aliphatic carbocycles. The Morgan fingerprint density at radius 3 is 2.43 bits per heavy atom. The first kappa shape index (κ1) is 24.0. The molecule has 35 heavy (non-hydrogen) atoms. The lowest BCUT2D eigenvalue weighted by Gasteiger charge is -2.12. The number of rotatable bonds is 8. The summed E-state index contributed by atoms with van der Waals surface area (Å²) in [5, 5.41) is 8.61. The quantitative estimate of drug-likeness (QED) is 0.449. The number of nitrogens with one attached hydrogen (secondary N) is 3. The van der Waals surface area contributed by atoms with E-state index in [0.29, 0.717) is 36.3 Å². The summed E-state index contributed by atoms with van der Waals surface area (Å²) in [6.45, 7) is 4.29. The van der Waals surface area contributed by atoms with Crippen LogP contribution in [0.2, 0.25) is 0 Å². The molecule has 4 rings (SSSR count). The summed E-state index contributed by atoms with van der Waals surface area (Å²) in [6.07, 6.45) is 0.366. The summed E-state index contributed by atoms with van der Waals surface area (Å²) in [6, 6.07) is 21.8. The largest absolute Gasteiger partial charge is 0.480 e. The first-order valence-electron chi connectivity index (χ1n) is 11.7. The third-order valence-corrected chi connectivity index (χ3v) is 5.59. The van der Waals surface area contributed by atoms with Crippen LogP contribution < -0.4 is 20.7 Å². The lowest BCUT2D eigenvalue weighted by molar-refractivity contribution is -0.122. The van der Waals surface area contributed by atoms with Crippen LogP contribution >= 0.6 is 0 Å². The van der Waals surface area contributed by atoms with Crippen LogP contribution in [0.4, 0.5) is 11.4 Å². The van der Waals surface area contributed by atoms with Gasteiger partial charge in [-0.1, -0.05) is 50.2 Å². The average molecular weight is 472 g/mol. The van der Waals surface area contributed by atoms with Crippen LogP contribution in [0.3, 0.4) is 0 Å². The number of para-hydroxylation sites is 1. The molecule has 0 bridgehead atoms. The molecule has 0 radical (unpaired) electrons. The SMILES string of the molecule is CC(C)CC(=O)Nc1cccc(CNC(=O)c2cccc(NC(=O)C3Cc4ccccc4O3)c2)c1. The van der Waals surface area contributed by atoms with Gasteiger partial charge < -0.3 is 20.7 Å². The van der Waals surface area contributed by atoms with Gasteiger partial charge in [0.25, 0.3) is 11.8 Å². The molecule has 1 unspecified atom stereocenters. The van der Waals surface area contributed by atoms with Crippen molar-refractivity contribution >= 4 is 29.1 Å². The molecular weight excluding hydrogens is 442 g/mol. The first-order chi connectivity index (χ1) is 16.9. The zero-order valence-electron chi connectivity index (χ0n) is 19.8. The van der Waals surface area contributed by atoms with E-state index in [-0.39, 0.29) is 23.6 Å². The Labute approximate surface area is 204 Å². The topological polar surface area (TPSA) is 96.5 Å². The van der Waals surface area contributed by atoms with Crippen LogP contribution in [0.5, 0.6) is 5.75 Å². The Kier molecular flexibility index (Phi) is 7.45. The van der Waals surface area contributed by atoms with Crippen molar-refractivity contribution in [2.75, 3.05) is 10.6 Å². The van der Waals surface area contributed by atoms with E-state index in [2.05, 4.69) is 16.0 Å². The molecule has 3 aromatic carbocycles. The van der Waals surface area contributed by atoms with Crippen molar-refractivity contribution in [2.24, 2.45) is 5.92 Å². The maximum Gasteiger partial charge on any atom is 0.265 e. The fourth-order valence-corrected chi connectivity index (χ4v) is 3.92. The zero-order chi connectivity index (χ0) is 24.8. The van der Waals surface area contributed by atoms with E-state index in [1.807, 2.05) is 62.4 Å². The summed E-state index contributed by atoms with van der Waals surface area (Å²) in [7, 11) is 0.